The van der Waals surface area contributed by atoms with E-state index >= 15 is 0 Å². The van der Waals surface area contributed by atoms with E-state index in [0.717, 1.165) is 11.5 Å². The first-order valence-corrected chi connectivity index (χ1v) is 15.4. The van der Waals surface area contributed by atoms with E-state index in [9.17, 15) is 4.32 Å². The van der Waals surface area contributed by atoms with Crippen molar-refractivity contribution in [2.75, 3.05) is 14.2 Å². The second-order valence-corrected chi connectivity index (χ2v) is 11.1. The molecule has 0 spiro atoms. The number of benzene rings is 4. The third-order valence-corrected chi connectivity index (χ3v) is 8.18. The second-order valence-electron chi connectivity index (χ2n) is 9.23. The van der Waals surface area contributed by atoms with Crippen LogP contribution in [-0.4, -0.2) is 21.6 Å². The lowest BCUT2D eigenvalue weighted by atomic mass is 10.1. The van der Waals surface area contributed by atoms with Gasteiger partial charge in [-0.05, 0) is 70.8 Å². The van der Waals surface area contributed by atoms with Crippen molar-refractivity contribution in [3.8, 4) is 54.6 Å². The highest BCUT2D eigenvalue weighted by Crippen LogP contribution is 2.32. The Morgan fingerprint density at radius 1 is 0.477 bits per heavy atom. The molecule has 0 radical (unpaired) electrons. The van der Waals surface area contributed by atoms with Gasteiger partial charge in [0.1, 0.15) is 18.9 Å². The summed E-state index contributed by atoms with van der Waals surface area (Å²) in [7, 11) is 0.210. The Bertz CT molecular complexity index is 1570. The maximum Gasteiger partial charge on any atom is 0.238 e. The summed E-state index contributed by atoms with van der Waals surface area (Å²) in [5.41, 5.74) is 7.41. The summed E-state index contributed by atoms with van der Waals surface area (Å²) in [6, 6.07) is 46.1. The van der Waals surface area contributed by atoms with Crippen molar-refractivity contribution in [1.82, 2.24) is 0 Å². The molecule has 2 heterocycles. The molecule has 220 valence electrons. The van der Waals surface area contributed by atoms with Gasteiger partial charge in [-0.3, -0.25) is 0 Å². The molecule has 6 aromatic rings. The molecule has 0 N–H and O–H groups in total. The van der Waals surface area contributed by atoms with Gasteiger partial charge in [-0.1, -0.05) is 60.7 Å². The van der Waals surface area contributed by atoms with Crippen LogP contribution < -0.4 is 19.5 Å². The van der Waals surface area contributed by atoms with E-state index in [4.69, 9.17) is 19.5 Å². The Morgan fingerprint density at radius 2 is 0.818 bits per heavy atom. The number of hydrogen-bond acceptors (Lipinski definition) is 4. The predicted molar refractivity (Wildman–Crippen MR) is 179 cm³/mol. The molecule has 6 rings (SSSR count). The van der Waals surface area contributed by atoms with Gasteiger partial charge >= 0.3 is 0 Å². The van der Waals surface area contributed by atoms with Gasteiger partial charge in [0.25, 0.3) is 0 Å². The van der Waals surface area contributed by atoms with E-state index in [-0.39, 0.29) is 0 Å². The molecule has 0 atom stereocenters. The van der Waals surface area contributed by atoms with Crippen LogP contribution in [0.25, 0.3) is 43.1 Å². The van der Waals surface area contributed by atoms with Crippen LogP contribution in [0.1, 0.15) is 0 Å². The Hall–Kier alpha value is -4.47. The van der Waals surface area contributed by atoms with Crippen molar-refractivity contribution in [3.63, 3.8) is 0 Å². The van der Waals surface area contributed by atoms with E-state index in [0.29, 0.717) is 0 Å². The zero-order chi connectivity index (χ0) is 31.1. The van der Waals surface area contributed by atoms with Crippen LogP contribution in [0.15, 0.2) is 144 Å². The van der Waals surface area contributed by atoms with E-state index in [2.05, 4.69) is 108 Å². The third-order valence-electron chi connectivity index (χ3n) is 6.42. The van der Waals surface area contributed by atoms with Crippen LogP contribution in [0.2, 0.25) is 0 Å². The standard InChI is InChI=1S/2C18H15OS.BFO2/c2*1-19-17-9-7-15(8-10-17)18-13-16(11-12-20-18)14-5-3-2-4-6-14;2-1(3)4/h2*2-13H,1H3;/q2*+1;-2. The van der Waals surface area contributed by atoms with Gasteiger partial charge in [0.2, 0.25) is 32.4 Å². The maximum atomic E-state index is 9.89. The van der Waals surface area contributed by atoms with Crippen LogP contribution in [0.5, 0.6) is 11.5 Å². The molecule has 4 nitrogen and oxygen atoms in total. The van der Waals surface area contributed by atoms with Crippen molar-refractivity contribution < 1.29 is 23.8 Å². The molecule has 0 aliphatic carbocycles. The molecule has 0 saturated heterocycles. The van der Waals surface area contributed by atoms with E-state index < -0.39 is 7.40 Å². The zero-order valence-corrected chi connectivity index (χ0v) is 25.9. The van der Waals surface area contributed by atoms with Gasteiger partial charge in [-0.15, -0.1) is 0 Å². The summed E-state index contributed by atoms with van der Waals surface area (Å²) < 4.78 is 20.3. The van der Waals surface area contributed by atoms with Crippen LogP contribution in [0.4, 0.5) is 4.32 Å². The van der Waals surface area contributed by atoms with Crippen LogP contribution in [0, 0.1) is 0 Å². The molecule has 0 unspecified atom stereocenters. The first kappa shape index (κ1) is 32.4. The minimum Gasteiger partial charge on any atom is -0.867 e. The van der Waals surface area contributed by atoms with E-state index in [1.807, 2.05) is 36.4 Å². The second kappa shape index (κ2) is 17.0. The molecule has 2 aromatic heterocycles. The molecule has 0 saturated carbocycles. The Morgan fingerprint density at radius 3 is 1.14 bits per heavy atom. The molecular formula is C36H30BFO4S2. The minimum absolute atomic E-state index is 0.887. The highest BCUT2D eigenvalue weighted by molar-refractivity contribution is 7.13. The largest absolute Gasteiger partial charge is 0.867 e. The molecule has 8 heteroatoms. The average Bonchev–Trinajstić information content (AvgIpc) is 3.09. The number of rotatable bonds is 6. The Labute approximate surface area is 266 Å². The van der Waals surface area contributed by atoms with Crippen LogP contribution >= 0.6 is 22.7 Å². The number of halogens is 1. The van der Waals surface area contributed by atoms with Gasteiger partial charge in [0, 0.05) is 35.4 Å². The number of methoxy groups -OCH3 is 2. The lowest BCUT2D eigenvalue weighted by molar-refractivity contribution is -0.366. The molecule has 0 aliphatic heterocycles. The van der Waals surface area contributed by atoms with Crippen molar-refractivity contribution in [3.05, 3.63) is 144 Å². The van der Waals surface area contributed by atoms with Gasteiger partial charge in [-0.2, -0.15) is 0 Å². The van der Waals surface area contributed by atoms with Gasteiger partial charge in [0.15, 0.2) is 10.8 Å². The van der Waals surface area contributed by atoms with Crippen molar-refractivity contribution in [2.24, 2.45) is 0 Å². The lowest BCUT2D eigenvalue weighted by Crippen LogP contribution is -2.39. The van der Waals surface area contributed by atoms with Gasteiger partial charge < -0.3 is 23.8 Å². The normalized spacial score (nSPS) is 9.93. The Balaban J connectivity index is 0.000000179. The van der Waals surface area contributed by atoms with Crippen molar-refractivity contribution in [1.29, 1.82) is 0 Å². The van der Waals surface area contributed by atoms with Gasteiger partial charge in [0.05, 0.1) is 14.2 Å². The predicted octanol–water partition coefficient (Wildman–Crippen LogP) is 8.41. The maximum absolute atomic E-state index is 9.89. The zero-order valence-electron chi connectivity index (χ0n) is 24.3. The molecule has 0 amide bonds. The molecule has 0 bridgehead atoms. The summed E-state index contributed by atoms with van der Waals surface area (Å²) >= 11 is 3.49. The fourth-order valence-electron chi connectivity index (χ4n) is 4.24. The summed E-state index contributed by atoms with van der Waals surface area (Å²) in [5, 5.41) is 20.9. The topological polar surface area (TPSA) is 64.6 Å². The fourth-order valence-corrected chi connectivity index (χ4v) is 5.90. The van der Waals surface area contributed by atoms with E-state index in [1.54, 1.807) is 36.9 Å². The summed E-state index contributed by atoms with van der Waals surface area (Å²) in [4.78, 5) is 2.52. The third kappa shape index (κ3) is 9.79. The van der Waals surface area contributed by atoms with Crippen molar-refractivity contribution in [2.45, 2.75) is 0 Å². The lowest BCUT2D eigenvalue weighted by Gasteiger charge is -2.09. The monoisotopic (exact) mass is 620 g/mol. The number of hydrogen-bond donors (Lipinski definition) is 0. The van der Waals surface area contributed by atoms with Crippen LogP contribution in [-0.2, 0) is 0 Å². The fraction of sp³-hybridized carbons (Fsp3) is 0.0556. The minimum atomic E-state index is -3.17. The smallest absolute Gasteiger partial charge is 0.238 e. The molecular weight excluding hydrogens is 590 g/mol. The average molecular weight is 621 g/mol. The first-order valence-electron chi connectivity index (χ1n) is 13.7. The first-order chi connectivity index (χ1) is 21.5. The SMILES string of the molecule is COc1ccc(-c2cc(-c3ccccc3)cc[s+]2)cc1.COc1ccc(-c2cc(-c3ccccc3)cc[s+]2)cc1.[O-]B([O-])F. The molecule has 0 fully saturated rings. The van der Waals surface area contributed by atoms with Crippen LogP contribution in [0.3, 0.4) is 0 Å². The molecule has 0 aliphatic rings. The summed E-state index contributed by atoms with van der Waals surface area (Å²) in [5.74, 6) is 1.77. The highest BCUT2D eigenvalue weighted by Gasteiger charge is 2.12. The number of ether oxygens (including phenoxy) is 2. The van der Waals surface area contributed by atoms with Crippen molar-refractivity contribution >= 4 is 30.1 Å². The van der Waals surface area contributed by atoms with E-state index in [1.165, 1.54) is 43.1 Å². The highest BCUT2D eigenvalue weighted by atomic mass is 32.1. The summed E-state index contributed by atoms with van der Waals surface area (Å²) in [6.07, 6.45) is 0. The van der Waals surface area contributed by atoms with Gasteiger partial charge in [-0.25, -0.2) is 0 Å². The Kier molecular flexibility index (Phi) is 12.5. The quantitative estimate of drug-likeness (QED) is 0.139. The molecule has 4 aromatic carbocycles. The summed E-state index contributed by atoms with van der Waals surface area (Å²) in [6.45, 7) is 0. The molecule has 44 heavy (non-hydrogen) atoms.